The van der Waals surface area contributed by atoms with Crippen molar-refractivity contribution >= 4 is 11.9 Å². The van der Waals surface area contributed by atoms with Crippen molar-refractivity contribution in [1.29, 1.82) is 0 Å². The summed E-state index contributed by atoms with van der Waals surface area (Å²) in [5, 5.41) is 55.4. The molecular weight excluding hydrogens is 1020 g/mol. The number of halogens is 3. The molecule has 79 heavy (non-hydrogen) atoms. The zero-order chi connectivity index (χ0) is 55.1. The molecule has 0 saturated carbocycles. The SMILES string of the molecule is C.CC(C)c1nc2c(c(-c3ccc(F)cc3)c1C(=O)O)CCn1nnnc1-2.CC(C)c1nc2c(c(-c3ccc(F)cc3)c1CO)CCn1nnnc1-2.COC(=O)c1c(C(C)C)nc2c(c1-c1ccc(F)cc1)CCn1nnnc1-2. The number of aliphatic hydroxyl groups excluding tert-OH is 1. The lowest BCUT2D eigenvalue weighted by atomic mass is 9.87. The largest absolute Gasteiger partial charge is 0.478 e. The molecule has 2 N–H and O–H groups in total. The van der Waals surface area contributed by atoms with Gasteiger partial charge in [0, 0.05) is 42.0 Å². The molecule has 0 spiro atoms. The third-order valence-electron chi connectivity index (χ3n) is 13.8. The van der Waals surface area contributed by atoms with Crippen LogP contribution >= 0.6 is 0 Å². The lowest BCUT2D eigenvalue weighted by molar-refractivity contribution is 0.0598. The Morgan fingerprint density at radius 3 is 1.20 bits per heavy atom. The van der Waals surface area contributed by atoms with Gasteiger partial charge < -0.3 is 14.9 Å². The number of pyridine rings is 3. The Hall–Kier alpha value is -8.99. The topological polar surface area (TPSA) is 253 Å². The number of carbonyl (C=O) groups excluding carboxylic acids is 1. The van der Waals surface area contributed by atoms with Gasteiger partial charge in [-0.15, -0.1) is 15.3 Å². The molecule has 6 aromatic heterocycles. The molecule has 9 heterocycles. The Kier molecular flexibility index (Phi) is 15.6. The molecule has 0 bridgehead atoms. The monoisotopic (exact) mass is 1080 g/mol. The third kappa shape index (κ3) is 10.2. The molecule has 0 aliphatic carbocycles. The Labute approximate surface area is 451 Å². The summed E-state index contributed by atoms with van der Waals surface area (Å²) in [5.74, 6) is -0.805. The maximum absolute atomic E-state index is 13.5. The molecule has 23 heteroatoms. The number of hydrogen-bond donors (Lipinski definition) is 2. The predicted molar refractivity (Wildman–Crippen MR) is 284 cm³/mol. The van der Waals surface area contributed by atoms with Crippen LogP contribution in [0.2, 0.25) is 0 Å². The zero-order valence-electron chi connectivity index (χ0n) is 43.6. The molecule has 406 valence electrons. The number of rotatable bonds is 9. The molecule has 0 unspecified atom stereocenters. The van der Waals surface area contributed by atoms with Crippen LogP contribution < -0.4 is 0 Å². The van der Waals surface area contributed by atoms with Gasteiger partial charge in [0.2, 0.25) is 17.5 Å². The minimum Gasteiger partial charge on any atom is -0.478 e. The molecule has 20 nitrogen and oxygen atoms in total. The number of aliphatic hydroxyl groups is 1. The third-order valence-corrected chi connectivity index (χ3v) is 13.8. The maximum atomic E-state index is 13.5. The van der Waals surface area contributed by atoms with Crippen LogP contribution in [0.25, 0.3) is 67.9 Å². The minimum atomic E-state index is -1.05. The fraction of sp³-hybridized carbons (Fsp3) is 0.321. The molecular formula is C56H56F3N15O5. The number of carboxylic acid groups (broad SMARTS) is 1. The van der Waals surface area contributed by atoms with Crippen molar-refractivity contribution in [3.05, 3.63) is 141 Å². The van der Waals surface area contributed by atoms with Gasteiger partial charge >= 0.3 is 11.9 Å². The van der Waals surface area contributed by atoms with Crippen molar-refractivity contribution in [2.45, 2.75) is 112 Å². The summed E-state index contributed by atoms with van der Waals surface area (Å²) < 4.78 is 50.5. The van der Waals surface area contributed by atoms with Crippen molar-refractivity contribution < 1.29 is 37.7 Å². The molecule has 9 aromatic rings. The highest BCUT2D eigenvalue weighted by Gasteiger charge is 2.34. The van der Waals surface area contributed by atoms with Crippen LogP contribution in [0.1, 0.15) is 127 Å². The summed E-state index contributed by atoms with van der Waals surface area (Å²) in [7, 11) is 1.35. The summed E-state index contributed by atoms with van der Waals surface area (Å²) in [5.41, 5.74) is 12.3. The summed E-state index contributed by atoms with van der Waals surface area (Å²) >= 11 is 0. The first-order chi connectivity index (χ1) is 37.6. The molecule has 3 aliphatic rings. The van der Waals surface area contributed by atoms with Gasteiger partial charge in [-0.05, 0) is 144 Å². The van der Waals surface area contributed by atoms with Gasteiger partial charge in [0.1, 0.15) is 34.5 Å². The summed E-state index contributed by atoms with van der Waals surface area (Å²) in [6.45, 7) is 13.4. The van der Waals surface area contributed by atoms with Gasteiger partial charge in [-0.2, -0.15) is 0 Å². The van der Waals surface area contributed by atoms with E-state index in [4.69, 9.17) is 14.7 Å². The van der Waals surface area contributed by atoms with Gasteiger partial charge in [0.05, 0.1) is 36.2 Å². The molecule has 0 amide bonds. The molecule has 12 rings (SSSR count). The van der Waals surface area contributed by atoms with Gasteiger partial charge in [-0.1, -0.05) is 85.4 Å². The van der Waals surface area contributed by atoms with E-state index in [0.717, 1.165) is 50.3 Å². The molecule has 0 atom stereocenters. The number of aromatic nitrogens is 15. The van der Waals surface area contributed by atoms with Crippen LogP contribution in [0.5, 0.6) is 0 Å². The first kappa shape index (κ1) is 54.8. The average molecular weight is 1080 g/mol. The average Bonchev–Trinajstić information content (AvgIpc) is 4.30. The number of hydrogen-bond acceptors (Lipinski definition) is 16. The maximum Gasteiger partial charge on any atom is 0.340 e. The quantitative estimate of drug-likeness (QED) is 0.128. The highest BCUT2D eigenvalue weighted by atomic mass is 19.1. The van der Waals surface area contributed by atoms with Crippen LogP contribution in [-0.2, 0) is 50.2 Å². The Morgan fingerprint density at radius 1 is 0.532 bits per heavy atom. The van der Waals surface area contributed by atoms with Gasteiger partial charge in [-0.25, -0.2) is 51.8 Å². The normalized spacial score (nSPS) is 12.6. The Balaban J connectivity index is 0.000000143. The molecule has 3 aromatic carbocycles. The van der Waals surface area contributed by atoms with Crippen molar-refractivity contribution in [3.63, 3.8) is 0 Å². The lowest BCUT2D eigenvalue weighted by Gasteiger charge is -2.24. The van der Waals surface area contributed by atoms with E-state index >= 15 is 0 Å². The first-order valence-corrected chi connectivity index (χ1v) is 25.3. The number of carboxylic acids is 1. The number of esters is 1. The summed E-state index contributed by atoms with van der Waals surface area (Å²) in [6, 6.07) is 18.3. The number of aryl methyl sites for hydroxylation is 3. The van der Waals surface area contributed by atoms with E-state index in [0.29, 0.717) is 101 Å². The fourth-order valence-electron chi connectivity index (χ4n) is 10.3. The van der Waals surface area contributed by atoms with Crippen molar-refractivity contribution in [1.82, 2.24) is 75.6 Å². The summed E-state index contributed by atoms with van der Waals surface area (Å²) in [6.07, 6.45) is 1.86. The lowest BCUT2D eigenvalue weighted by Crippen LogP contribution is -2.20. The van der Waals surface area contributed by atoms with E-state index in [-0.39, 0.29) is 54.8 Å². The standard InChI is InChI=1S/C19H18FN5O2.C18H16FN5O2.C18H18FN5O.CH4/c1-10(2)16-15(19(26)27-3)14(11-4-6-12(20)7-5-11)13-8-9-25-18(17(13)21-16)22-23-24-25;1-9(2)15-14(18(25)26)13(10-3-5-11(19)6-4-10)12-7-8-24-17(16(12)20-15)21-22-23-24;1-10(2)16-14(9-25)15(11-3-5-12(19)6-4-11)13-7-8-24-18(17(13)20-16)21-22-23-24;/h4-7,10H,8-9H2,1-3H3;3-6,9H,7-8H2,1-2H3,(H,25,26);3-6,10,25H,7-9H2,1-2H3;1H4. The number of ether oxygens (including phenoxy) is 1. The van der Waals surface area contributed by atoms with Crippen molar-refractivity contribution in [3.8, 4) is 67.9 Å². The second-order valence-electron chi connectivity index (χ2n) is 19.7. The highest BCUT2D eigenvalue weighted by molar-refractivity contribution is 6.01. The van der Waals surface area contributed by atoms with Crippen LogP contribution in [-0.4, -0.2) is 105 Å². The Morgan fingerprint density at radius 2 is 0.861 bits per heavy atom. The van der Waals surface area contributed by atoms with Gasteiger partial charge in [0.25, 0.3) is 0 Å². The van der Waals surface area contributed by atoms with Crippen molar-refractivity contribution in [2.24, 2.45) is 0 Å². The van der Waals surface area contributed by atoms with Crippen molar-refractivity contribution in [2.75, 3.05) is 7.11 Å². The molecule has 3 aliphatic heterocycles. The van der Waals surface area contributed by atoms with Crippen LogP contribution in [0.15, 0.2) is 72.8 Å². The smallest absolute Gasteiger partial charge is 0.340 e. The number of methoxy groups -OCH3 is 1. The van der Waals surface area contributed by atoms with Gasteiger partial charge in [-0.3, -0.25) is 0 Å². The van der Waals surface area contributed by atoms with E-state index in [2.05, 4.69) is 51.6 Å². The van der Waals surface area contributed by atoms with E-state index in [1.807, 2.05) is 41.5 Å². The predicted octanol–water partition coefficient (Wildman–Crippen LogP) is 9.28. The van der Waals surface area contributed by atoms with Crippen LogP contribution in [0.4, 0.5) is 13.2 Å². The Bertz CT molecular complexity index is 3750. The van der Waals surface area contributed by atoms with E-state index in [1.54, 1.807) is 50.4 Å². The number of nitrogens with zero attached hydrogens (tertiary/aromatic N) is 15. The number of tetrazole rings is 3. The van der Waals surface area contributed by atoms with E-state index < -0.39 is 11.9 Å². The number of aromatic carboxylic acids is 1. The van der Waals surface area contributed by atoms with E-state index in [1.165, 1.54) is 43.5 Å². The molecule has 0 saturated heterocycles. The number of benzene rings is 3. The number of fused-ring (bicyclic) bond motifs is 9. The van der Waals surface area contributed by atoms with Gasteiger partial charge in [0.15, 0.2) is 0 Å². The first-order valence-electron chi connectivity index (χ1n) is 25.3. The number of carbonyl (C=O) groups is 2. The zero-order valence-corrected chi connectivity index (χ0v) is 43.6. The van der Waals surface area contributed by atoms with Crippen LogP contribution in [0.3, 0.4) is 0 Å². The van der Waals surface area contributed by atoms with E-state index in [9.17, 15) is 33.0 Å². The van der Waals surface area contributed by atoms with Crippen LogP contribution in [0, 0.1) is 17.5 Å². The fourth-order valence-corrected chi connectivity index (χ4v) is 10.3. The second-order valence-corrected chi connectivity index (χ2v) is 19.7. The highest BCUT2D eigenvalue weighted by Crippen LogP contribution is 2.43. The molecule has 0 radical (unpaired) electrons. The molecule has 0 fully saturated rings. The second kappa shape index (κ2) is 22.5. The summed E-state index contributed by atoms with van der Waals surface area (Å²) in [4.78, 5) is 39.0. The minimum absolute atomic E-state index is 0.